The van der Waals surface area contributed by atoms with Crippen LogP contribution in [0, 0.1) is 0 Å². The lowest BCUT2D eigenvalue weighted by molar-refractivity contribution is -0.140. The SMILES string of the molecule is COC(=O)CCCCN(CCCc1ccccc1)C(=O)OC(C)(C)C. The zero-order valence-electron chi connectivity index (χ0n) is 15.9. The Kier molecular flexibility index (Phi) is 9.03. The Hall–Kier alpha value is -2.04. The monoisotopic (exact) mass is 349 g/mol. The van der Waals surface area contributed by atoms with E-state index in [0.29, 0.717) is 25.9 Å². The van der Waals surface area contributed by atoms with Crippen molar-refractivity contribution in [3.8, 4) is 0 Å². The van der Waals surface area contributed by atoms with E-state index in [4.69, 9.17) is 4.74 Å². The van der Waals surface area contributed by atoms with Gasteiger partial charge in [0.15, 0.2) is 0 Å². The fraction of sp³-hybridized carbons (Fsp3) is 0.600. The second-order valence-electron chi connectivity index (χ2n) is 7.09. The molecule has 0 aliphatic heterocycles. The van der Waals surface area contributed by atoms with Gasteiger partial charge in [-0.25, -0.2) is 4.79 Å². The van der Waals surface area contributed by atoms with Crippen molar-refractivity contribution in [2.75, 3.05) is 20.2 Å². The minimum absolute atomic E-state index is 0.215. The zero-order valence-corrected chi connectivity index (χ0v) is 15.9. The van der Waals surface area contributed by atoms with E-state index in [-0.39, 0.29) is 12.1 Å². The smallest absolute Gasteiger partial charge is 0.410 e. The number of nitrogens with zero attached hydrogens (tertiary/aromatic N) is 1. The highest BCUT2D eigenvalue weighted by Gasteiger charge is 2.21. The van der Waals surface area contributed by atoms with Gasteiger partial charge in [-0.1, -0.05) is 30.3 Å². The van der Waals surface area contributed by atoms with Crippen molar-refractivity contribution >= 4 is 12.1 Å². The van der Waals surface area contributed by atoms with Crippen LogP contribution in [0.15, 0.2) is 30.3 Å². The Morgan fingerprint density at radius 1 is 1.00 bits per heavy atom. The van der Waals surface area contributed by atoms with Crippen LogP contribution in [0.4, 0.5) is 4.79 Å². The Balaban J connectivity index is 2.48. The number of rotatable bonds is 9. The fourth-order valence-corrected chi connectivity index (χ4v) is 2.41. The van der Waals surface area contributed by atoms with E-state index in [1.54, 1.807) is 4.90 Å². The molecule has 5 heteroatoms. The number of esters is 1. The molecule has 5 nitrogen and oxygen atoms in total. The summed E-state index contributed by atoms with van der Waals surface area (Å²) in [5.74, 6) is -0.215. The first-order valence-electron chi connectivity index (χ1n) is 8.90. The average molecular weight is 349 g/mol. The second-order valence-corrected chi connectivity index (χ2v) is 7.09. The first-order chi connectivity index (χ1) is 11.8. The number of unbranched alkanes of at least 4 members (excludes halogenated alkanes) is 1. The molecule has 1 rings (SSSR count). The number of benzene rings is 1. The van der Waals surface area contributed by atoms with Gasteiger partial charge in [0.2, 0.25) is 0 Å². The van der Waals surface area contributed by atoms with Crippen LogP contribution in [0.25, 0.3) is 0 Å². The van der Waals surface area contributed by atoms with Gasteiger partial charge in [0.1, 0.15) is 5.60 Å². The molecule has 1 amide bonds. The van der Waals surface area contributed by atoms with Gasteiger partial charge in [0.25, 0.3) is 0 Å². The molecule has 1 aromatic rings. The van der Waals surface area contributed by atoms with E-state index in [0.717, 1.165) is 19.3 Å². The topological polar surface area (TPSA) is 55.8 Å². The van der Waals surface area contributed by atoms with Crippen molar-refractivity contribution < 1.29 is 19.1 Å². The van der Waals surface area contributed by atoms with Crippen LogP contribution >= 0.6 is 0 Å². The third-order valence-corrected chi connectivity index (χ3v) is 3.67. The van der Waals surface area contributed by atoms with Gasteiger partial charge in [-0.3, -0.25) is 4.79 Å². The minimum Gasteiger partial charge on any atom is -0.469 e. The molecule has 0 heterocycles. The quantitative estimate of drug-likeness (QED) is 0.495. The standard InChI is InChI=1S/C20H31NO4/c1-20(2,3)25-19(23)21(15-9-8-14-18(22)24-4)16-10-13-17-11-6-5-7-12-17/h5-7,11-12H,8-10,13-16H2,1-4H3. The molecule has 0 radical (unpaired) electrons. The van der Waals surface area contributed by atoms with Crippen molar-refractivity contribution in [2.45, 2.75) is 58.5 Å². The van der Waals surface area contributed by atoms with E-state index >= 15 is 0 Å². The van der Waals surface area contributed by atoms with Gasteiger partial charge in [-0.05, 0) is 52.0 Å². The summed E-state index contributed by atoms with van der Waals surface area (Å²) < 4.78 is 10.1. The highest BCUT2D eigenvalue weighted by Crippen LogP contribution is 2.12. The van der Waals surface area contributed by atoms with Gasteiger partial charge in [0.05, 0.1) is 7.11 Å². The summed E-state index contributed by atoms with van der Waals surface area (Å²) in [7, 11) is 1.39. The Morgan fingerprint density at radius 3 is 2.24 bits per heavy atom. The molecule has 0 fully saturated rings. The molecule has 25 heavy (non-hydrogen) atoms. The molecular weight excluding hydrogens is 318 g/mol. The molecule has 0 bridgehead atoms. The summed E-state index contributed by atoms with van der Waals surface area (Å²) >= 11 is 0. The lowest BCUT2D eigenvalue weighted by Gasteiger charge is -2.27. The number of hydrogen-bond donors (Lipinski definition) is 0. The predicted molar refractivity (Wildman–Crippen MR) is 98.4 cm³/mol. The van der Waals surface area contributed by atoms with E-state index in [1.807, 2.05) is 39.0 Å². The van der Waals surface area contributed by atoms with Crippen molar-refractivity contribution in [1.29, 1.82) is 0 Å². The number of ether oxygens (including phenoxy) is 2. The van der Waals surface area contributed by atoms with Crippen LogP contribution in [0.3, 0.4) is 0 Å². The van der Waals surface area contributed by atoms with Gasteiger partial charge >= 0.3 is 12.1 Å². The number of methoxy groups -OCH3 is 1. The van der Waals surface area contributed by atoms with Gasteiger partial charge in [-0.15, -0.1) is 0 Å². The molecule has 0 spiro atoms. The molecule has 0 unspecified atom stereocenters. The van der Waals surface area contributed by atoms with Gasteiger partial charge in [-0.2, -0.15) is 0 Å². The van der Waals surface area contributed by atoms with Crippen molar-refractivity contribution in [3.63, 3.8) is 0 Å². The lowest BCUT2D eigenvalue weighted by Crippen LogP contribution is -2.38. The largest absolute Gasteiger partial charge is 0.469 e. The van der Waals surface area contributed by atoms with Crippen molar-refractivity contribution in [1.82, 2.24) is 4.90 Å². The zero-order chi connectivity index (χ0) is 18.7. The van der Waals surface area contributed by atoms with Crippen molar-refractivity contribution in [3.05, 3.63) is 35.9 Å². The highest BCUT2D eigenvalue weighted by molar-refractivity contribution is 5.69. The average Bonchev–Trinajstić information content (AvgIpc) is 2.56. The maximum Gasteiger partial charge on any atom is 0.410 e. The first-order valence-corrected chi connectivity index (χ1v) is 8.90. The normalized spacial score (nSPS) is 11.0. The number of carbonyl (C=O) groups is 2. The van der Waals surface area contributed by atoms with E-state index in [9.17, 15) is 9.59 Å². The summed E-state index contributed by atoms with van der Waals surface area (Å²) in [4.78, 5) is 25.3. The maximum atomic E-state index is 12.4. The number of carbonyl (C=O) groups excluding carboxylic acids is 2. The predicted octanol–water partition coefficient (Wildman–Crippen LogP) is 4.20. The summed E-state index contributed by atoms with van der Waals surface area (Å²) in [5, 5.41) is 0. The molecule has 140 valence electrons. The Labute approximate surface area is 151 Å². The highest BCUT2D eigenvalue weighted by atomic mass is 16.6. The van der Waals surface area contributed by atoms with Crippen molar-refractivity contribution in [2.24, 2.45) is 0 Å². The summed E-state index contributed by atoms with van der Waals surface area (Å²) in [6.45, 7) is 6.82. The number of hydrogen-bond acceptors (Lipinski definition) is 4. The van der Waals surface area contributed by atoms with Crippen LogP contribution in [-0.4, -0.2) is 42.8 Å². The number of aryl methyl sites for hydroxylation is 1. The summed E-state index contributed by atoms with van der Waals surface area (Å²) in [6.07, 6.45) is 3.33. The molecule has 0 aliphatic carbocycles. The van der Waals surface area contributed by atoms with Crippen LogP contribution < -0.4 is 0 Å². The molecule has 0 saturated heterocycles. The third kappa shape index (κ3) is 9.75. The van der Waals surface area contributed by atoms with Crippen LogP contribution in [0.1, 0.15) is 52.0 Å². The molecule has 0 N–H and O–H groups in total. The molecule has 1 aromatic carbocycles. The molecule has 0 atom stereocenters. The summed E-state index contributed by atoms with van der Waals surface area (Å²) in [5.41, 5.74) is 0.748. The molecule has 0 aromatic heterocycles. The van der Waals surface area contributed by atoms with E-state index in [2.05, 4.69) is 16.9 Å². The van der Waals surface area contributed by atoms with Crippen LogP contribution in [-0.2, 0) is 20.7 Å². The van der Waals surface area contributed by atoms with Gasteiger partial charge < -0.3 is 14.4 Å². The Bertz CT molecular complexity index is 522. The van der Waals surface area contributed by atoms with Gasteiger partial charge in [0, 0.05) is 19.5 Å². The maximum absolute atomic E-state index is 12.4. The third-order valence-electron chi connectivity index (χ3n) is 3.67. The molecule has 0 aliphatic rings. The Morgan fingerprint density at radius 2 is 1.64 bits per heavy atom. The fourth-order valence-electron chi connectivity index (χ4n) is 2.41. The first kappa shape index (κ1) is 21.0. The second kappa shape index (κ2) is 10.7. The number of amides is 1. The molecular formula is C20H31NO4. The van der Waals surface area contributed by atoms with Crippen LogP contribution in [0.5, 0.6) is 0 Å². The lowest BCUT2D eigenvalue weighted by atomic mass is 10.1. The summed E-state index contributed by atoms with van der Waals surface area (Å²) in [6, 6.07) is 10.2. The molecule has 0 saturated carbocycles. The van der Waals surface area contributed by atoms with Crippen LogP contribution in [0.2, 0.25) is 0 Å². The minimum atomic E-state index is -0.513. The van der Waals surface area contributed by atoms with E-state index < -0.39 is 5.60 Å². The van der Waals surface area contributed by atoms with E-state index in [1.165, 1.54) is 12.7 Å².